The Hall–Kier alpha value is -2.31. The number of halogens is 3. The summed E-state index contributed by atoms with van der Waals surface area (Å²) in [6.45, 7) is 1.86. The van der Waals surface area contributed by atoms with E-state index in [0.717, 1.165) is 11.4 Å². The van der Waals surface area contributed by atoms with Crippen LogP contribution < -0.4 is 4.74 Å². The van der Waals surface area contributed by atoms with Crippen LogP contribution in [0.2, 0.25) is 0 Å². The predicted octanol–water partition coefficient (Wildman–Crippen LogP) is 3.53. The third-order valence-corrected chi connectivity index (χ3v) is 3.59. The number of ketones is 1. The number of alkyl halides is 3. The van der Waals surface area contributed by atoms with Gasteiger partial charge in [0, 0.05) is 24.5 Å². The maximum atomic E-state index is 12.1. The minimum absolute atomic E-state index is 0.153. The van der Waals surface area contributed by atoms with E-state index in [9.17, 15) is 18.0 Å². The molecule has 1 heterocycles. The number of aromatic nitrogens is 2. The quantitative estimate of drug-likeness (QED) is 0.871. The van der Waals surface area contributed by atoms with Crippen molar-refractivity contribution < 1.29 is 22.7 Å². The minimum Gasteiger partial charge on any atom is -0.406 e. The van der Waals surface area contributed by atoms with Gasteiger partial charge in [-0.15, -0.1) is 13.2 Å². The third-order valence-electron chi connectivity index (χ3n) is 3.59. The van der Waals surface area contributed by atoms with Crippen LogP contribution in [-0.2, 0) is 4.79 Å². The Morgan fingerprint density at radius 2 is 1.86 bits per heavy atom. The van der Waals surface area contributed by atoms with Crippen LogP contribution in [0.4, 0.5) is 13.2 Å². The summed E-state index contributed by atoms with van der Waals surface area (Å²) < 4.78 is 41.9. The monoisotopic (exact) mass is 310 g/mol. The number of hydrogen-bond donors (Lipinski definition) is 0. The Morgan fingerprint density at radius 1 is 1.23 bits per heavy atom. The van der Waals surface area contributed by atoms with Crippen molar-refractivity contribution in [1.29, 1.82) is 0 Å². The van der Waals surface area contributed by atoms with Crippen LogP contribution in [-0.4, -0.2) is 21.9 Å². The number of benzene rings is 1. The summed E-state index contributed by atoms with van der Waals surface area (Å²) in [5, 5.41) is 4.44. The van der Waals surface area contributed by atoms with E-state index in [4.69, 9.17) is 0 Å². The molecule has 1 fully saturated rings. The Balaban J connectivity index is 1.80. The fourth-order valence-corrected chi connectivity index (χ4v) is 2.45. The van der Waals surface area contributed by atoms with Crippen LogP contribution in [0.1, 0.15) is 30.1 Å². The smallest absolute Gasteiger partial charge is 0.406 e. The average Bonchev–Trinajstić information content (AvgIpc) is 2.76. The van der Waals surface area contributed by atoms with Gasteiger partial charge in [-0.1, -0.05) is 0 Å². The van der Waals surface area contributed by atoms with E-state index < -0.39 is 6.36 Å². The van der Waals surface area contributed by atoms with Gasteiger partial charge in [-0.2, -0.15) is 5.10 Å². The molecular formula is C15H13F3N2O2. The zero-order valence-electron chi connectivity index (χ0n) is 11.7. The summed E-state index contributed by atoms with van der Waals surface area (Å²) in [7, 11) is 0. The fraction of sp³-hybridized carbons (Fsp3) is 0.333. The highest BCUT2D eigenvalue weighted by molar-refractivity contribution is 5.86. The lowest BCUT2D eigenvalue weighted by molar-refractivity contribution is -0.274. The molecule has 3 rings (SSSR count). The van der Waals surface area contributed by atoms with E-state index in [2.05, 4.69) is 9.84 Å². The molecule has 0 unspecified atom stereocenters. The number of rotatable bonds is 3. The van der Waals surface area contributed by atoms with E-state index in [1.54, 1.807) is 4.68 Å². The Morgan fingerprint density at radius 3 is 2.41 bits per heavy atom. The van der Waals surface area contributed by atoms with E-state index in [1.165, 1.54) is 24.3 Å². The van der Waals surface area contributed by atoms with Gasteiger partial charge in [0.25, 0.3) is 0 Å². The molecule has 1 saturated carbocycles. The van der Waals surface area contributed by atoms with Crippen molar-refractivity contribution in [3.05, 3.63) is 41.7 Å². The molecule has 0 N–H and O–H groups in total. The van der Waals surface area contributed by atoms with E-state index in [0.29, 0.717) is 18.5 Å². The number of carbonyl (C=O) groups excluding carboxylic acids is 1. The lowest BCUT2D eigenvalue weighted by atomic mass is 9.82. The molecule has 0 spiro atoms. The predicted molar refractivity (Wildman–Crippen MR) is 72.0 cm³/mol. The van der Waals surface area contributed by atoms with Crippen LogP contribution in [0.25, 0.3) is 5.69 Å². The van der Waals surface area contributed by atoms with Gasteiger partial charge in [-0.05, 0) is 37.3 Å². The second kappa shape index (κ2) is 5.15. The first kappa shape index (κ1) is 14.6. The molecule has 22 heavy (non-hydrogen) atoms. The standard InChI is InChI=1S/C15H13F3N2O2/c1-9-6-14(10-7-12(21)8-10)19-20(9)11-2-4-13(5-3-11)22-15(16,17)18/h2-6,10H,7-8H2,1H3. The summed E-state index contributed by atoms with van der Waals surface area (Å²) in [6.07, 6.45) is -3.68. The van der Waals surface area contributed by atoms with Gasteiger partial charge >= 0.3 is 6.36 Å². The Kier molecular flexibility index (Phi) is 3.42. The number of nitrogens with zero attached hydrogens (tertiary/aromatic N) is 2. The van der Waals surface area contributed by atoms with Gasteiger partial charge in [-0.3, -0.25) is 4.79 Å². The van der Waals surface area contributed by atoms with Gasteiger partial charge in [-0.25, -0.2) is 4.68 Å². The number of hydrogen-bond acceptors (Lipinski definition) is 3. The van der Waals surface area contributed by atoms with Gasteiger partial charge in [0.15, 0.2) is 0 Å². The first-order valence-corrected chi connectivity index (χ1v) is 6.76. The van der Waals surface area contributed by atoms with Crippen molar-refractivity contribution in [2.45, 2.75) is 32.0 Å². The van der Waals surface area contributed by atoms with Crippen molar-refractivity contribution in [1.82, 2.24) is 9.78 Å². The van der Waals surface area contributed by atoms with E-state index in [-0.39, 0.29) is 17.5 Å². The summed E-state index contributed by atoms with van der Waals surface area (Å²) in [5.74, 6) is 0.108. The summed E-state index contributed by atoms with van der Waals surface area (Å²) in [6, 6.07) is 7.41. The number of carbonyl (C=O) groups is 1. The number of Topliss-reactive ketones (excluding diaryl/α,β-unsaturated/α-hetero) is 1. The number of ether oxygens (including phenoxy) is 1. The largest absolute Gasteiger partial charge is 0.573 e. The molecule has 1 aromatic carbocycles. The van der Waals surface area contributed by atoms with Crippen molar-refractivity contribution in [3.8, 4) is 11.4 Å². The fourth-order valence-electron chi connectivity index (χ4n) is 2.45. The average molecular weight is 310 g/mol. The molecule has 1 aromatic heterocycles. The first-order chi connectivity index (χ1) is 10.3. The molecule has 0 amide bonds. The maximum Gasteiger partial charge on any atom is 0.573 e. The van der Waals surface area contributed by atoms with Gasteiger partial charge in [0.2, 0.25) is 0 Å². The normalized spacial score (nSPS) is 15.7. The zero-order chi connectivity index (χ0) is 15.9. The molecule has 0 aliphatic heterocycles. The third kappa shape index (κ3) is 2.98. The van der Waals surface area contributed by atoms with Crippen LogP contribution in [0.3, 0.4) is 0 Å². The maximum absolute atomic E-state index is 12.1. The molecule has 1 aliphatic rings. The number of aryl methyl sites for hydroxylation is 1. The molecule has 1 aliphatic carbocycles. The molecule has 0 saturated heterocycles. The van der Waals surface area contributed by atoms with Crippen molar-refractivity contribution in [2.75, 3.05) is 0 Å². The van der Waals surface area contributed by atoms with E-state index >= 15 is 0 Å². The molecule has 116 valence electrons. The van der Waals surface area contributed by atoms with Gasteiger partial charge in [0.1, 0.15) is 11.5 Å². The SMILES string of the molecule is Cc1cc(C2CC(=O)C2)nn1-c1ccc(OC(F)(F)F)cc1. The molecule has 7 heteroatoms. The van der Waals surface area contributed by atoms with Crippen molar-refractivity contribution in [2.24, 2.45) is 0 Å². The summed E-state index contributed by atoms with van der Waals surface area (Å²) in [4.78, 5) is 11.1. The van der Waals surface area contributed by atoms with Crippen LogP contribution >= 0.6 is 0 Å². The highest BCUT2D eigenvalue weighted by atomic mass is 19.4. The highest BCUT2D eigenvalue weighted by Crippen LogP contribution is 2.33. The van der Waals surface area contributed by atoms with Gasteiger partial charge in [0.05, 0.1) is 11.4 Å². The lowest BCUT2D eigenvalue weighted by Crippen LogP contribution is -2.21. The van der Waals surface area contributed by atoms with Gasteiger partial charge < -0.3 is 4.74 Å². The highest BCUT2D eigenvalue weighted by Gasteiger charge is 2.31. The molecular weight excluding hydrogens is 297 g/mol. The molecule has 0 radical (unpaired) electrons. The molecule has 0 bridgehead atoms. The first-order valence-electron chi connectivity index (χ1n) is 6.76. The zero-order valence-corrected chi connectivity index (χ0v) is 11.7. The Labute approximate surface area is 124 Å². The molecule has 4 nitrogen and oxygen atoms in total. The second-order valence-electron chi connectivity index (χ2n) is 5.31. The van der Waals surface area contributed by atoms with Crippen LogP contribution in [0.15, 0.2) is 30.3 Å². The minimum atomic E-state index is -4.70. The molecule has 2 aromatic rings. The topological polar surface area (TPSA) is 44.1 Å². The van der Waals surface area contributed by atoms with Crippen LogP contribution in [0, 0.1) is 6.92 Å². The van der Waals surface area contributed by atoms with E-state index in [1.807, 2.05) is 13.0 Å². The van der Waals surface area contributed by atoms with Crippen molar-refractivity contribution in [3.63, 3.8) is 0 Å². The molecule has 0 atom stereocenters. The second-order valence-corrected chi connectivity index (χ2v) is 5.31. The lowest BCUT2D eigenvalue weighted by Gasteiger charge is -2.21. The van der Waals surface area contributed by atoms with Crippen molar-refractivity contribution >= 4 is 5.78 Å². The van der Waals surface area contributed by atoms with Crippen LogP contribution in [0.5, 0.6) is 5.75 Å². The summed E-state index contributed by atoms with van der Waals surface area (Å²) in [5.41, 5.74) is 2.34. The Bertz CT molecular complexity index is 697. The summed E-state index contributed by atoms with van der Waals surface area (Å²) >= 11 is 0.